The van der Waals surface area contributed by atoms with Gasteiger partial charge in [0.15, 0.2) is 0 Å². The van der Waals surface area contributed by atoms with Gasteiger partial charge in [0, 0.05) is 11.4 Å². The van der Waals surface area contributed by atoms with Crippen LogP contribution in [0.25, 0.3) is 0 Å². The second kappa shape index (κ2) is 4.55. The molecule has 0 saturated carbocycles. The molecule has 1 aliphatic heterocycles. The number of aliphatic hydroxyl groups is 1. The third kappa shape index (κ3) is 1.99. The number of aliphatic hydroxyl groups excluding tert-OH is 1. The molecule has 1 amide bonds. The molecule has 0 aromatic carbocycles. The molecule has 1 aromatic heterocycles. The predicted octanol–water partition coefficient (Wildman–Crippen LogP) is 1.96. The molecule has 0 radical (unpaired) electrons. The summed E-state index contributed by atoms with van der Waals surface area (Å²) in [6, 6.07) is 1.98. The maximum Gasteiger partial charge on any atom is 0.264 e. The van der Waals surface area contributed by atoms with Gasteiger partial charge in [0.05, 0.1) is 17.5 Å². The molecule has 0 spiro atoms. The van der Waals surface area contributed by atoms with Crippen LogP contribution in [0.2, 0.25) is 0 Å². The van der Waals surface area contributed by atoms with E-state index >= 15 is 0 Å². The summed E-state index contributed by atoms with van der Waals surface area (Å²) >= 11 is 1.55. The number of amides is 1. The number of likely N-dealkylation sites (tertiary alicyclic amines) is 1. The molecule has 3 nitrogen and oxygen atoms in total. The molecule has 1 atom stereocenters. The predicted molar refractivity (Wildman–Crippen MR) is 64.9 cm³/mol. The van der Waals surface area contributed by atoms with Crippen molar-refractivity contribution >= 4 is 17.2 Å². The molecule has 16 heavy (non-hydrogen) atoms. The topological polar surface area (TPSA) is 40.5 Å². The van der Waals surface area contributed by atoms with Crippen molar-refractivity contribution in [3.8, 4) is 0 Å². The number of aryl methyl sites for hydroxylation is 2. The fraction of sp³-hybridized carbons (Fsp3) is 0.583. The lowest BCUT2D eigenvalue weighted by molar-refractivity contribution is 0.0682. The number of hydrogen-bond acceptors (Lipinski definition) is 3. The largest absolute Gasteiger partial charge is 0.394 e. The Morgan fingerprint density at radius 2 is 2.38 bits per heavy atom. The third-order valence-electron chi connectivity index (χ3n) is 3.23. The SMILES string of the molecule is Cc1cc(C(=O)N2CCC[C@H]2CO)sc1C. The van der Waals surface area contributed by atoms with Crippen molar-refractivity contribution < 1.29 is 9.90 Å². The van der Waals surface area contributed by atoms with E-state index in [2.05, 4.69) is 0 Å². The molecule has 0 bridgehead atoms. The third-order valence-corrected chi connectivity index (χ3v) is 4.37. The maximum atomic E-state index is 12.2. The van der Waals surface area contributed by atoms with Crippen LogP contribution >= 0.6 is 11.3 Å². The Kier molecular flexibility index (Phi) is 3.30. The summed E-state index contributed by atoms with van der Waals surface area (Å²) in [6.45, 7) is 4.91. The van der Waals surface area contributed by atoms with Crippen LogP contribution in [0.4, 0.5) is 0 Å². The van der Waals surface area contributed by atoms with Crippen LogP contribution in [0.15, 0.2) is 6.07 Å². The van der Waals surface area contributed by atoms with E-state index in [0.29, 0.717) is 0 Å². The molecule has 1 N–H and O–H groups in total. The molecule has 88 valence electrons. The van der Waals surface area contributed by atoms with Crippen molar-refractivity contribution in [1.82, 2.24) is 4.90 Å². The number of carbonyl (C=O) groups is 1. The van der Waals surface area contributed by atoms with Crippen molar-refractivity contribution in [3.05, 3.63) is 21.4 Å². The zero-order valence-electron chi connectivity index (χ0n) is 9.69. The van der Waals surface area contributed by atoms with Crippen LogP contribution in [-0.4, -0.2) is 35.1 Å². The Bertz CT molecular complexity index is 380. The highest BCUT2D eigenvalue weighted by Crippen LogP contribution is 2.25. The summed E-state index contributed by atoms with van der Waals surface area (Å²) in [6.07, 6.45) is 1.92. The molecule has 2 heterocycles. The standard InChI is InChI=1S/C12H17NO2S/c1-8-6-11(16-9(8)2)12(15)13-5-3-4-10(13)7-14/h6,10,14H,3-5,7H2,1-2H3/t10-/m0/s1. The van der Waals surface area contributed by atoms with Gasteiger partial charge >= 0.3 is 0 Å². The first kappa shape index (κ1) is 11.6. The Morgan fingerprint density at radius 3 is 2.94 bits per heavy atom. The van der Waals surface area contributed by atoms with Crippen molar-refractivity contribution in [2.75, 3.05) is 13.2 Å². The van der Waals surface area contributed by atoms with Gasteiger partial charge in [-0.05, 0) is 38.3 Å². The Hall–Kier alpha value is -0.870. The van der Waals surface area contributed by atoms with Gasteiger partial charge in [-0.15, -0.1) is 11.3 Å². The molecule has 0 aliphatic carbocycles. The fourth-order valence-corrected chi connectivity index (χ4v) is 3.10. The van der Waals surface area contributed by atoms with Crippen molar-refractivity contribution in [2.45, 2.75) is 32.7 Å². The van der Waals surface area contributed by atoms with Crippen LogP contribution in [0.3, 0.4) is 0 Å². The van der Waals surface area contributed by atoms with Gasteiger partial charge in [-0.1, -0.05) is 0 Å². The first-order valence-corrected chi connectivity index (χ1v) is 6.44. The molecule has 1 saturated heterocycles. The molecule has 1 fully saturated rings. The summed E-state index contributed by atoms with van der Waals surface area (Å²) in [4.78, 5) is 16.0. The van der Waals surface area contributed by atoms with E-state index in [9.17, 15) is 9.90 Å². The second-order valence-electron chi connectivity index (χ2n) is 4.33. The second-order valence-corrected chi connectivity index (χ2v) is 5.58. The lowest BCUT2D eigenvalue weighted by atomic mass is 10.2. The first-order valence-electron chi connectivity index (χ1n) is 5.62. The highest BCUT2D eigenvalue weighted by atomic mass is 32.1. The zero-order chi connectivity index (χ0) is 11.7. The fourth-order valence-electron chi connectivity index (χ4n) is 2.11. The van der Waals surface area contributed by atoms with E-state index in [1.807, 2.05) is 24.8 Å². The van der Waals surface area contributed by atoms with E-state index in [0.717, 1.165) is 24.3 Å². The highest BCUT2D eigenvalue weighted by molar-refractivity contribution is 7.14. The lowest BCUT2D eigenvalue weighted by Crippen LogP contribution is -2.37. The molecular weight excluding hydrogens is 222 g/mol. The molecule has 1 aliphatic rings. The van der Waals surface area contributed by atoms with Crippen LogP contribution in [0.5, 0.6) is 0 Å². The Morgan fingerprint density at radius 1 is 1.62 bits per heavy atom. The van der Waals surface area contributed by atoms with E-state index in [1.165, 1.54) is 10.4 Å². The minimum absolute atomic E-state index is 0.0233. The number of rotatable bonds is 2. The van der Waals surface area contributed by atoms with Crippen LogP contribution < -0.4 is 0 Å². The van der Waals surface area contributed by atoms with Crippen LogP contribution in [0.1, 0.15) is 33.0 Å². The highest BCUT2D eigenvalue weighted by Gasteiger charge is 2.29. The molecule has 2 rings (SSSR count). The monoisotopic (exact) mass is 239 g/mol. The van der Waals surface area contributed by atoms with E-state index < -0.39 is 0 Å². The smallest absolute Gasteiger partial charge is 0.264 e. The minimum Gasteiger partial charge on any atom is -0.394 e. The number of carbonyl (C=O) groups excluding carboxylic acids is 1. The molecule has 4 heteroatoms. The van der Waals surface area contributed by atoms with E-state index in [1.54, 1.807) is 11.3 Å². The summed E-state index contributed by atoms with van der Waals surface area (Å²) in [5, 5.41) is 9.20. The average Bonchev–Trinajstić information content (AvgIpc) is 2.85. The van der Waals surface area contributed by atoms with E-state index in [-0.39, 0.29) is 18.6 Å². The van der Waals surface area contributed by atoms with Crippen molar-refractivity contribution in [3.63, 3.8) is 0 Å². The molecule has 0 unspecified atom stereocenters. The van der Waals surface area contributed by atoms with Gasteiger partial charge in [0.1, 0.15) is 0 Å². The summed E-state index contributed by atoms with van der Waals surface area (Å²) < 4.78 is 0. The van der Waals surface area contributed by atoms with Crippen molar-refractivity contribution in [2.24, 2.45) is 0 Å². The minimum atomic E-state index is 0.0233. The number of nitrogens with zero attached hydrogens (tertiary/aromatic N) is 1. The summed E-state index contributed by atoms with van der Waals surface area (Å²) in [7, 11) is 0. The number of hydrogen-bond donors (Lipinski definition) is 1. The number of thiophene rings is 1. The Labute approximate surface area is 99.7 Å². The lowest BCUT2D eigenvalue weighted by Gasteiger charge is -2.22. The molecular formula is C12H17NO2S. The average molecular weight is 239 g/mol. The van der Waals surface area contributed by atoms with Crippen molar-refractivity contribution in [1.29, 1.82) is 0 Å². The maximum absolute atomic E-state index is 12.2. The zero-order valence-corrected chi connectivity index (χ0v) is 10.5. The first-order chi connectivity index (χ1) is 7.63. The van der Waals surface area contributed by atoms with Gasteiger partial charge in [-0.2, -0.15) is 0 Å². The summed E-state index contributed by atoms with van der Waals surface area (Å²) in [5.74, 6) is 0.0813. The van der Waals surface area contributed by atoms with Crippen LogP contribution in [0, 0.1) is 13.8 Å². The van der Waals surface area contributed by atoms with Crippen LogP contribution in [-0.2, 0) is 0 Å². The van der Waals surface area contributed by atoms with Gasteiger partial charge in [0.2, 0.25) is 0 Å². The molecule has 1 aromatic rings. The Balaban J connectivity index is 2.18. The van der Waals surface area contributed by atoms with Gasteiger partial charge in [0.25, 0.3) is 5.91 Å². The normalized spacial score (nSPS) is 20.4. The quantitative estimate of drug-likeness (QED) is 0.857. The van der Waals surface area contributed by atoms with Gasteiger partial charge < -0.3 is 10.0 Å². The summed E-state index contributed by atoms with van der Waals surface area (Å²) in [5.41, 5.74) is 1.17. The van der Waals surface area contributed by atoms with E-state index in [4.69, 9.17) is 0 Å². The van der Waals surface area contributed by atoms with Gasteiger partial charge in [-0.25, -0.2) is 0 Å². The van der Waals surface area contributed by atoms with Gasteiger partial charge in [-0.3, -0.25) is 4.79 Å².